The molecule has 1 aromatic heterocycles. The SMILES string of the molecule is C1COCC(c2noc(CN3CCCNCC3)n2)C1. The molecule has 2 saturated heterocycles. The van der Waals surface area contributed by atoms with Gasteiger partial charge in [-0.15, -0.1) is 0 Å². The van der Waals surface area contributed by atoms with E-state index in [4.69, 9.17) is 9.26 Å². The Kier molecular flexibility index (Phi) is 4.42. The van der Waals surface area contributed by atoms with Crippen LogP contribution in [0.1, 0.15) is 36.9 Å². The van der Waals surface area contributed by atoms with Gasteiger partial charge in [0.1, 0.15) is 0 Å². The second-order valence-corrected chi connectivity index (χ2v) is 5.34. The first-order chi connectivity index (χ1) is 9.42. The molecule has 1 unspecified atom stereocenters. The topological polar surface area (TPSA) is 63.4 Å². The summed E-state index contributed by atoms with van der Waals surface area (Å²) in [5, 5.41) is 7.52. The number of hydrogen-bond donors (Lipinski definition) is 1. The van der Waals surface area contributed by atoms with Crippen LogP contribution in [0.4, 0.5) is 0 Å². The monoisotopic (exact) mass is 266 g/mol. The fourth-order valence-corrected chi connectivity index (χ4v) is 2.69. The molecule has 3 rings (SSSR count). The average molecular weight is 266 g/mol. The van der Waals surface area contributed by atoms with Crippen LogP contribution in [0.15, 0.2) is 4.52 Å². The molecule has 0 aromatic carbocycles. The molecule has 1 aromatic rings. The van der Waals surface area contributed by atoms with Gasteiger partial charge in [-0.05, 0) is 32.4 Å². The highest BCUT2D eigenvalue weighted by Gasteiger charge is 2.22. The number of rotatable bonds is 3. The van der Waals surface area contributed by atoms with Gasteiger partial charge in [0.15, 0.2) is 5.82 Å². The van der Waals surface area contributed by atoms with Gasteiger partial charge in [0.2, 0.25) is 5.89 Å². The van der Waals surface area contributed by atoms with Gasteiger partial charge < -0.3 is 14.6 Å². The van der Waals surface area contributed by atoms with Gasteiger partial charge in [0.25, 0.3) is 0 Å². The molecule has 1 atom stereocenters. The molecule has 6 nitrogen and oxygen atoms in total. The van der Waals surface area contributed by atoms with Crippen molar-refractivity contribution in [3.63, 3.8) is 0 Å². The van der Waals surface area contributed by atoms with Gasteiger partial charge in [-0.1, -0.05) is 5.16 Å². The molecule has 0 saturated carbocycles. The number of ether oxygens (including phenoxy) is 1. The van der Waals surface area contributed by atoms with Crippen LogP contribution in [-0.2, 0) is 11.3 Å². The summed E-state index contributed by atoms with van der Waals surface area (Å²) in [7, 11) is 0. The average Bonchev–Trinajstić information content (AvgIpc) is 2.76. The van der Waals surface area contributed by atoms with Crippen LogP contribution in [-0.4, -0.2) is 54.4 Å². The zero-order chi connectivity index (χ0) is 12.9. The summed E-state index contributed by atoms with van der Waals surface area (Å²) in [5.74, 6) is 1.88. The van der Waals surface area contributed by atoms with Crippen LogP contribution in [0.5, 0.6) is 0 Å². The first-order valence-electron chi connectivity index (χ1n) is 7.25. The number of nitrogens with one attached hydrogen (secondary N) is 1. The van der Waals surface area contributed by atoms with Crippen LogP contribution >= 0.6 is 0 Å². The van der Waals surface area contributed by atoms with E-state index in [9.17, 15) is 0 Å². The lowest BCUT2D eigenvalue weighted by Crippen LogP contribution is -2.27. The minimum atomic E-state index is 0.317. The zero-order valence-corrected chi connectivity index (χ0v) is 11.3. The lowest BCUT2D eigenvalue weighted by Gasteiger charge is -2.18. The summed E-state index contributed by atoms with van der Waals surface area (Å²) in [6, 6.07) is 0. The predicted molar refractivity (Wildman–Crippen MR) is 69.9 cm³/mol. The Hall–Kier alpha value is -0.980. The Morgan fingerprint density at radius 2 is 2.26 bits per heavy atom. The van der Waals surface area contributed by atoms with E-state index in [0.29, 0.717) is 5.92 Å². The molecular formula is C13H22N4O2. The Bertz CT molecular complexity index is 382. The lowest BCUT2D eigenvalue weighted by atomic mass is 10.0. The molecular weight excluding hydrogens is 244 g/mol. The van der Waals surface area contributed by atoms with E-state index in [1.165, 1.54) is 6.42 Å². The molecule has 3 heterocycles. The third-order valence-corrected chi connectivity index (χ3v) is 3.80. The van der Waals surface area contributed by atoms with Crippen molar-refractivity contribution >= 4 is 0 Å². The van der Waals surface area contributed by atoms with Crippen LogP contribution in [0, 0.1) is 0 Å². The highest BCUT2D eigenvalue weighted by molar-refractivity contribution is 4.96. The molecule has 0 spiro atoms. The maximum atomic E-state index is 5.47. The van der Waals surface area contributed by atoms with Gasteiger partial charge in [0, 0.05) is 25.6 Å². The normalized spacial score (nSPS) is 26.2. The van der Waals surface area contributed by atoms with E-state index < -0.39 is 0 Å². The lowest BCUT2D eigenvalue weighted by molar-refractivity contribution is 0.0773. The van der Waals surface area contributed by atoms with E-state index in [1.54, 1.807) is 0 Å². The molecule has 2 aliphatic rings. The van der Waals surface area contributed by atoms with Crippen LogP contribution in [0.2, 0.25) is 0 Å². The van der Waals surface area contributed by atoms with Gasteiger partial charge in [-0.3, -0.25) is 4.90 Å². The fraction of sp³-hybridized carbons (Fsp3) is 0.846. The van der Waals surface area contributed by atoms with Crippen molar-refractivity contribution in [3.05, 3.63) is 11.7 Å². The summed E-state index contributed by atoms with van der Waals surface area (Å²) >= 11 is 0. The Balaban J connectivity index is 1.57. The summed E-state index contributed by atoms with van der Waals surface area (Å²) in [6.45, 7) is 6.64. The molecule has 6 heteroatoms. The standard InChI is InChI=1S/C13H22N4O2/c1-3-11(10-18-8-1)13-15-12(19-16-13)9-17-6-2-4-14-5-7-17/h11,14H,1-10H2. The second kappa shape index (κ2) is 6.45. The zero-order valence-electron chi connectivity index (χ0n) is 11.3. The minimum Gasteiger partial charge on any atom is -0.381 e. The number of aromatic nitrogens is 2. The van der Waals surface area contributed by atoms with Gasteiger partial charge in [-0.25, -0.2) is 0 Å². The fourth-order valence-electron chi connectivity index (χ4n) is 2.69. The van der Waals surface area contributed by atoms with Crippen molar-refractivity contribution in [1.29, 1.82) is 0 Å². The van der Waals surface area contributed by atoms with E-state index in [2.05, 4.69) is 20.4 Å². The highest BCUT2D eigenvalue weighted by atomic mass is 16.5. The first kappa shape index (κ1) is 13.0. The molecule has 2 aliphatic heterocycles. The maximum absolute atomic E-state index is 5.47. The van der Waals surface area contributed by atoms with Crippen LogP contribution < -0.4 is 5.32 Å². The predicted octanol–water partition coefficient (Wildman–Crippen LogP) is 0.759. The van der Waals surface area contributed by atoms with Crippen molar-refractivity contribution in [2.75, 3.05) is 39.4 Å². The van der Waals surface area contributed by atoms with Crippen LogP contribution in [0.25, 0.3) is 0 Å². The third kappa shape index (κ3) is 3.52. The van der Waals surface area contributed by atoms with Gasteiger partial charge >= 0.3 is 0 Å². The van der Waals surface area contributed by atoms with Gasteiger partial charge in [-0.2, -0.15) is 4.98 Å². The van der Waals surface area contributed by atoms with Crippen LogP contribution in [0.3, 0.4) is 0 Å². The van der Waals surface area contributed by atoms with Crippen molar-refractivity contribution < 1.29 is 9.26 Å². The molecule has 0 amide bonds. The smallest absolute Gasteiger partial charge is 0.240 e. The summed E-state index contributed by atoms with van der Waals surface area (Å²) in [4.78, 5) is 6.91. The largest absolute Gasteiger partial charge is 0.381 e. The Labute approximate surface area is 113 Å². The van der Waals surface area contributed by atoms with Crippen molar-refractivity contribution in [1.82, 2.24) is 20.4 Å². The third-order valence-electron chi connectivity index (χ3n) is 3.80. The molecule has 2 fully saturated rings. The maximum Gasteiger partial charge on any atom is 0.240 e. The van der Waals surface area contributed by atoms with Gasteiger partial charge in [0.05, 0.1) is 13.2 Å². The Morgan fingerprint density at radius 3 is 3.16 bits per heavy atom. The van der Waals surface area contributed by atoms with E-state index in [1.807, 2.05) is 0 Å². The minimum absolute atomic E-state index is 0.317. The summed E-state index contributed by atoms with van der Waals surface area (Å²) in [6.07, 6.45) is 3.37. The number of nitrogens with zero attached hydrogens (tertiary/aromatic N) is 3. The quantitative estimate of drug-likeness (QED) is 0.871. The highest BCUT2D eigenvalue weighted by Crippen LogP contribution is 2.23. The van der Waals surface area contributed by atoms with Crippen molar-refractivity contribution in [2.24, 2.45) is 0 Å². The molecule has 106 valence electrons. The van der Waals surface area contributed by atoms with Crippen molar-refractivity contribution in [2.45, 2.75) is 31.7 Å². The van der Waals surface area contributed by atoms with E-state index >= 15 is 0 Å². The van der Waals surface area contributed by atoms with Crippen molar-refractivity contribution in [3.8, 4) is 0 Å². The molecule has 19 heavy (non-hydrogen) atoms. The first-order valence-corrected chi connectivity index (χ1v) is 7.25. The molecule has 0 aliphatic carbocycles. The summed E-state index contributed by atoms with van der Waals surface area (Å²) < 4.78 is 10.9. The molecule has 0 bridgehead atoms. The molecule has 1 N–H and O–H groups in total. The molecule has 0 radical (unpaired) electrons. The van der Waals surface area contributed by atoms with E-state index in [-0.39, 0.29) is 0 Å². The summed E-state index contributed by atoms with van der Waals surface area (Å²) in [5.41, 5.74) is 0. The Morgan fingerprint density at radius 1 is 1.26 bits per heavy atom. The second-order valence-electron chi connectivity index (χ2n) is 5.34. The number of hydrogen-bond acceptors (Lipinski definition) is 6. The van der Waals surface area contributed by atoms with E-state index in [0.717, 1.165) is 70.5 Å².